The van der Waals surface area contributed by atoms with Crippen molar-refractivity contribution in [2.24, 2.45) is 0 Å². The Morgan fingerprint density at radius 3 is 2.79 bits per heavy atom. The van der Waals surface area contributed by atoms with E-state index in [9.17, 15) is 0 Å². The van der Waals surface area contributed by atoms with Gasteiger partial charge in [0.25, 0.3) is 0 Å². The van der Waals surface area contributed by atoms with E-state index in [0.717, 1.165) is 16.8 Å². The van der Waals surface area contributed by atoms with E-state index in [0.29, 0.717) is 5.69 Å². The summed E-state index contributed by atoms with van der Waals surface area (Å²) >= 11 is 0. The average Bonchev–Trinajstić information content (AvgIpc) is 2.67. The molecule has 0 aliphatic heterocycles. The Bertz CT molecular complexity index is 474. The van der Waals surface area contributed by atoms with Gasteiger partial charge >= 0.3 is 0 Å². The van der Waals surface area contributed by atoms with E-state index in [2.05, 4.69) is 16.0 Å². The van der Waals surface area contributed by atoms with Crippen molar-refractivity contribution in [1.29, 1.82) is 5.26 Å². The van der Waals surface area contributed by atoms with E-state index in [1.54, 1.807) is 6.20 Å². The maximum Gasteiger partial charge on any atom is 0.118 e. The molecule has 0 aliphatic rings. The summed E-state index contributed by atoms with van der Waals surface area (Å²) in [6, 6.07) is 7.81. The lowest BCUT2D eigenvalue weighted by Gasteiger charge is -1.96. The molecule has 0 atom stereocenters. The van der Waals surface area contributed by atoms with Crippen molar-refractivity contribution >= 4 is 0 Å². The molecule has 0 saturated heterocycles. The fraction of sp³-hybridized carbons (Fsp3) is 0.0909. The van der Waals surface area contributed by atoms with E-state index in [1.807, 2.05) is 31.3 Å². The molecule has 3 heteroatoms. The molecule has 0 amide bonds. The molecule has 2 heterocycles. The minimum absolute atomic E-state index is 0.570. The summed E-state index contributed by atoms with van der Waals surface area (Å²) in [5.41, 5.74) is 3.58. The number of hydrogen-bond donors (Lipinski definition) is 1. The zero-order chi connectivity index (χ0) is 9.97. The minimum atomic E-state index is 0.570. The third kappa shape index (κ3) is 1.50. The summed E-state index contributed by atoms with van der Waals surface area (Å²) in [5.74, 6) is 0. The number of nitrogens with zero attached hydrogens (tertiary/aromatic N) is 2. The van der Waals surface area contributed by atoms with Crippen LogP contribution in [-0.4, -0.2) is 9.97 Å². The molecule has 0 fully saturated rings. The van der Waals surface area contributed by atoms with Gasteiger partial charge in [0, 0.05) is 29.2 Å². The zero-order valence-corrected chi connectivity index (χ0v) is 7.78. The first kappa shape index (κ1) is 8.52. The van der Waals surface area contributed by atoms with Crippen LogP contribution in [0.25, 0.3) is 11.1 Å². The predicted octanol–water partition coefficient (Wildman–Crippen LogP) is 2.26. The number of rotatable bonds is 1. The van der Waals surface area contributed by atoms with Crippen LogP contribution < -0.4 is 0 Å². The Morgan fingerprint density at radius 1 is 1.36 bits per heavy atom. The van der Waals surface area contributed by atoms with E-state index in [4.69, 9.17) is 5.26 Å². The fourth-order valence-electron chi connectivity index (χ4n) is 1.26. The number of aryl methyl sites for hydroxylation is 1. The van der Waals surface area contributed by atoms with Crippen LogP contribution in [0.2, 0.25) is 0 Å². The molecule has 2 aromatic rings. The Hall–Kier alpha value is -2.08. The van der Waals surface area contributed by atoms with Gasteiger partial charge in [-0.15, -0.1) is 0 Å². The molecular formula is C11H9N3. The van der Waals surface area contributed by atoms with Gasteiger partial charge in [-0.3, -0.25) is 4.98 Å². The molecule has 3 nitrogen and oxygen atoms in total. The maximum atomic E-state index is 8.65. The molecule has 0 saturated carbocycles. The zero-order valence-electron chi connectivity index (χ0n) is 7.78. The number of hydrogen-bond acceptors (Lipinski definition) is 2. The summed E-state index contributed by atoms with van der Waals surface area (Å²) in [7, 11) is 0. The molecule has 0 radical (unpaired) electrons. The van der Waals surface area contributed by atoms with Gasteiger partial charge in [0.2, 0.25) is 0 Å². The first-order chi connectivity index (χ1) is 6.79. The third-order valence-corrected chi connectivity index (χ3v) is 2.05. The molecular weight excluding hydrogens is 174 g/mol. The van der Waals surface area contributed by atoms with E-state index in [-0.39, 0.29) is 0 Å². The first-order valence-electron chi connectivity index (χ1n) is 4.31. The largest absolute Gasteiger partial charge is 0.352 e. The second kappa shape index (κ2) is 3.35. The number of H-pyrrole nitrogens is 1. The maximum absolute atomic E-state index is 8.65. The summed E-state index contributed by atoms with van der Waals surface area (Å²) in [6.07, 6.45) is 3.62. The van der Waals surface area contributed by atoms with Crippen LogP contribution in [0.1, 0.15) is 11.4 Å². The Balaban J connectivity index is 2.40. The second-order valence-corrected chi connectivity index (χ2v) is 3.10. The van der Waals surface area contributed by atoms with Gasteiger partial charge in [-0.05, 0) is 19.1 Å². The van der Waals surface area contributed by atoms with Crippen LogP contribution >= 0.6 is 0 Å². The topological polar surface area (TPSA) is 52.5 Å². The predicted molar refractivity (Wildman–Crippen MR) is 53.5 cm³/mol. The van der Waals surface area contributed by atoms with Crippen molar-refractivity contribution in [3.05, 3.63) is 42.0 Å². The summed E-state index contributed by atoms with van der Waals surface area (Å²) in [4.78, 5) is 7.07. The molecule has 0 unspecified atom stereocenters. The van der Waals surface area contributed by atoms with Gasteiger partial charge in [0.15, 0.2) is 0 Å². The van der Waals surface area contributed by atoms with Crippen LogP contribution in [0.15, 0.2) is 30.6 Å². The van der Waals surface area contributed by atoms with Crippen molar-refractivity contribution in [3.8, 4) is 17.2 Å². The number of aromatic amines is 1. The van der Waals surface area contributed by atoms with Crippen molar-refractivity contribution in [3.63, 3.8) is 0 Å². The van der Waals surface area contributed by atoms with Gasteiger partial charge in [-0.1, -0.05) is 6.07 Å². The molecule has 2 aromatic heterocycles. The van der Waals surface area contributed by atoms with Gasteiger partial charge < -0.3 is 4.98 Å². The third-order valence-electron chi connectivity index (χ3n) is 2.05. The van der Waals surface area contributed by atoms with Crippen molar-refractivity contribution in [2.75, 3.05) is 0 Å². The van der Waals surface area contributed by atoms with Gasteiger partial charge in [0.05, 0.1) is 0 Å². The number of aromatic nitrogens is 2. The Morgan fingerprint density at radius 2 is 2.21 bits per heavy atom. The second-order valence-electron chi connectivity index (χ2n) is 3.10. The smallest absolute Gasteiger partial charge is 0.118 e. The molecule has 1 N–H and O–H groups in total. The molecule has 0 spiro atoms. The SMILES string of the molecule is Cc1ccc(-c2c[nH]c(C#N)c2)cn1. The van der Waals surface area contributed by atoms with Gasteiger partial charge in [-0.25, -0.2) is 0 Å². The molecule has 0 bridgehead atoms. The average molecular weight is 183 g/mol. The highest BCUT2D eigenvalue weighted by Gasteiger charge is 2.00. The summed E-state index contributed by atoms with van der Waals surface area (Å²) in [5, 5.41) is 8.65. The number of nitriles is 1. The van der Waals surface area contributed by atoms with Gasteiger partial charge in [-0.2, -0.15) is 5.26 Å². The van der Waals surface area contributed by atoms with Crippen LogP contribution in [0.4, 0.5) is 0 Å². The summed E-state index contributed by atoms with van der Waals surface area (Å²) in [6.45, 7) is 1.95. The van der Waals surface area contributed by atoms with Gasteiger partial charge in [0.1, 0.15) is 11.8 Å². The highest BCUT2D eigenvalue weighted by molar-refractivity contribution is 5.63. The molecule has 2 rings (SSSR count). The molecule has 14 heavy (non-hydrogen) atoms. The first-order valence-corrected chi connectivity index (χ1v) is 4.31. The van der Waals surface area contributed by atoms with E-state index >= 15 is 0 Å². The molecule has 0 aromatic carbocycles. The minimum Gasteiger partial charge on any atom is -0.352 e. The van der Waals surface area contributed by atoms with Crippen LogP contribution in [-0.2, 0) is 0 Å². The highest BCUT2D eigenvalue weighted by Crippen LogP contribution is 2.18. The molecule has 0 aliphatic carbocycles. The van der Waals surface area contributed by atoms with E-state index < -0.39 is 0 Å². The quantitative estimate of drug-likeness (QED) is 0.737. The monoisotopic (exact) mass is 183 g/mol. The Kier molecular flexibility index (Phi) is 2.04. The standard InChI is InChI=1S/C11H9N3/c1-8-2-3-9(6-13-8)10-4-11(5-12)14-7-10/h2-4,6-7,14H,1H3. The number of pyridine rings is 1. The van der Waals surface area contributed by atoms with Crippen LogP contribution in [0, 0.1) is 18.3 Å². The van der Waals surface area contributed by atoms with Crippen LogP contribution in [0.5, 0.6) is 0 Å². The lowest BCUT2D eigenvalue weighted by atomic mass is 10.1. The van der Waals surface area contributed by atoms with Crippen molar-refractivity contribution in [1.82, 2.24) is 9.97 Å². The lowest BCUT2D eigenvalue weighted by molar-refractivity contribution is 1.20. The highest BCUT2D eigenvalue weighted by atomic mass is 14.7. The summed E-state index contributed by atoms with van der Waals surface area (Å²) < 4.78 is 0. The normalized spacial score (nSPS) is 9.71. The van der Waals surface area contributed by atoms with E-state index in [1.165, 1.54) is 0 Å². The van der Waals surface area contributed by atoms with Crippen molar-refractivity contribution < 1.29 is 0 Å². The Labute approximate surface area is 82.0 Å². The lowest BCUT2D eigenvalue weighted by Crippen LogP contribution is -1.80. The number of nitrogens with one attached hydrogen (secondary N) is 1. The fourth-order valence-corrected chi connectivity index (χ4v) is 1.26. The van der Waals surface area contributed by atoms with Crippen LogP contribution in [0.3, 0.4) is 0 Å². The molecule has 68 valence electrons. The van der Waals surface area contributed by atoms with Crippen molar-refractivity contribution in [2.45, 2.75) is 6.92 Å².